The van der Waals surface area contributed by atoms with Crippen molar-refractivity contribution in [1.29, 1.82) is 0 Å². The zero-order valence-electron chi connectivity index (χ0n) is 15.1. The first-order valence-electron chi connectivity index (χ1n) is 9.13. The zero-order chi connectivity index (χ0) is 18.8. The molecule has 4 rings (SSSR count). The van der Waals surface area contributed by atoms with E-state index in [2.05, 4.69) is 20.6 Å². The van der Waals surface area contributed by atoms with Crippen LogP contribution in [-0.2, 0) is 7.05 Å². The molecule has 2 N–H and O–H groups in total. The topological polar surface area (TPSA) is 93.3 Å². The van der Waals surface area contributed by atoms with E-state index in [4.69, 9.17) is 0 Å². The van der Waals surface area contributed by atoms with Crippen LogP contribution in [0, 0.1) is 0 Å². The molecular formula is C19H22N6O2. The maximum Gasteiger partial charge on any atom is 0.271 e. The minimum Gasteiger partial charge on any atom is -0.348 e. The standard InChI is InChI=1S/C19H22N6O2/c1-24-9-3-7-16(24)18(27)22-14-6-2-5-13(11-14)21-17(26)15-12-25-10-4-8-20-19(25)23-15/h3-4,7-10,12-14H,2,5-6,11H2,1H3,(H,21,26)(H,22,27)/t13-,14-/m1/s1. The van der Waals surface area contributed by atoms with E-state index in [-0.39, 0.29) is 23.9 Å². The van der Waals surface area contributed by atoms with Crippen LogP contribution < -0.4 is 10.6 Å². The van der Waals surface area contributed by atoms with Gasteiger partial charge in [0.05, 0.1) is 0 Å². The number of amides is 2. The van der Waals surface area contributed by atoms with Gasteiger partial charge in [-0.2, -0.15) is 0 Å². The number of imidazole rings is 1. The van der Waals surface area contributed by atoms with Gasteiger partial charge in [-0.05, 0) is 43.9 Å². The third-order valence-electron chi connectivity index (χ3n) is 4.99. The summed E-state index contributed by atoms with van der Waals surface area (Å²) in [4.78, 5) is 33.3. The van der Waals surface area contributed by atoms with Crippen LogP contribution in [0.3, 0.4) is 0 Å². The monoisotopic (exact) mass is 366 g/mol. The predicted molar refractivity (Wildman–Crippen MR) is 99.4 cm³/mol. The molecule has 140 valence electrons. The molecule has 3 heterocycles. The lowest BCUT2D eigenvalue weighted by Crippen LogP contribution is -2.46. The van der Waals surface area contributed by atoms with Crippen molar-refractivity contribution in [2.24, 2.45) is 7.05 Å². The quantitative estimate of drug-likeness (QED) is 0.732. The number of hydrogen-bond donors (Lipinski definition) is 2. The summed E-state index contributed by atoms with van der Waals surface area (Å²) in [6.07, 6.45) is 10.5. The fourth-order valence-corrected chi connectivity index (χ4v) is 3.61. The number of aromatic nitrogens is 4. The average molecular weight is 366 g/mol. The Labute approximate surface area is 156 Å². The van der Waals surface area contributed by atoms with Gasteiger partial charge in [0.25, 0.3) is 11.8 Å². The highest BCUT2D eigenvalue weighted by atomic mass is 16.2. The van der Waals surface area contributed by atoms with Gasteiger partial charge in [0.1, 0.15) is 11.4 Å². The van der Waals surface area contributed by atoms with Crippen molar-refractivity contribution in [3.05, 3.63) is 54.4 Å². The molecule has 0 spiro atoms. The first kappa shape index (κ1) is 17.3. The molecule has 1 fully saturated rings. The van der Waals surface area contributed by atoms with Crippen LogP contribution in [0.15, 0.2) is 43.0 Å². The maximum absolute atomic E-state index is 12.5. The van der Waals surface area contributed by atoms with Crippen molar-refractivity contribution in [3.63, 3.8) is 0 Å². The Morgan fingerprint density at radius 2 is 1.89 bits per heavy atom. The van der Waals surface area contributed by atoms with Crippen LogP contribution >= 0.6 is 0 Å². The summed E-state index contributed by atoms with van der Waals surface area (Å²) >= 11 is 0. The lowest BCUT2D eigenvalue weighted by atomic mass is 9.90. The van der Waals surface area contributed by atoms with E-state index in [1.165, 1.54) is 0 Å². The van der Waals surface area contributed by atoms with Crippen LogP contribution in [0.4, 0.5) is 0 Å². The van der Waals surface area contributed by atoms with Crippen molar-refractivity contribution in [2.75, 3.05) is 0 Å². The summed E-state index contributed by atoms with van der Waals surface area (Å²) in [5.74, 6) is 0.213. The van der Waals surface area contributed by atoms with Crippen LogP contribution in [0.25, 0.3) is 5.78 Å². The molecule has 1 aliphatic rings. The SMILES string of the molecule is Cn1cccc1C(=O)N[C@@H]1CCC[C@@H](NC(=O)c2cn3cccnc3n2)C1. The Hall–Kier alpha value is -3.16. The molecule has 8 heteroatoms. The van der Waals surface area contributed by atoms with Crippen molar-refractivity contribution in [1.82, 2.24) is 29.6 Å². The molecule has 2 amide bonds. The molecule has 0 aliphatic heterocycles. The Morgan fingerprint density at radius 3 is 2.59 bits per heavy atom. The molecule has 1 aliphatic carbocycles. The number of rotatable bonds is 4. The smallest absolute Gasteiger partial charge is 0.271 e. The number of carbonyl (C=O) groups excluding carboxylic acids is 2. The van der Waals surface area contributed by atoms with E-state index in [0.717, 1.165) is 19.3 Å². The second-order valence-electron chi connectivity index (χ2n) is 6.96. The van der Waals surface area contributed by atoms with E-state index in [1.807, 2.05) is 25.5 Å². The Balaban J connectivity index is 1.37. The summed E-state index contributed by atoms with van der Waals surface area (Å²) in [6.45, 7) is 0. The van der Waals surface area contributed by atoms with Crippen LogP contribution in [0.5, 0.6) is 0 Å². The highest BCUT2D eigenvalue weighted by Crippen LogP contribution is 2.19. The zero-order valence-corrected chi connectivity index (χ0v) is 15.1. The van der Waals surface area contributed by atoms with Gasteiger partial charge in [-0.1, -0.05) is 0 Å². The molecule has 0 unspecified atom stereocenters. The molecule has 0 bridgehead atoms. The van der Waals surface area contributed by atoms with Crippen molar-refractivity contribution in [2.45, 2.75) is 37.8 Å². The minimum absolute atomic E-state index is 0.0164. The second-order valence-corrected chi connectivity index (χ2v) is 6.96. The number of carbonyl (C=O) groups is 2. The summed E-state index contributed by atoms with van der Waals surface area (Å²) in [6, 6.07) is 5.51. The maximum atomic E-state index is 12.5. The Bertz CT molecular complexity index is 942. The number of fused-ring (bicyclic) bond motifs is 1. The lowest BCUT2D eigenvalue weighted by molar-refractivity contribution is 0.0896. The van der Waals surface area contributed by atoms with Gasteiger partial charge in [-0.25, -0.2) is 9.97 Å². The van der Waals surface area contributed by atoms with E-state index >= 15 is 0 Å². The van der Waals surface area contributed by atoms with Gasteiger partial charge in [-0.15, -0.1) is 0 Å². The minimum atomic E-state index is -0.208. The summed E-state index contributed by atoms with van der Waals surface area (Å²) in [5.41, 5.74) is 0.988. The molecule has 0 saturated heterocycles. The Morgan fingerprint density at radius 1 is 1.11 bits per heavy atom. The highest BCUT2D eigenvalue weighted by molar-refractivity contribution is 5.93. The fourth-order valence-electron chi connectivity index (χ4n) is 3.61. The normalized spacial score (nSPS) is 19.7. The Kier molecular flexibility index (Phi) is 4.62. The third kappa shape index (κ3) is 3.69. The summed E-state index contributed by atoms with van der Waals surface area (Å²) in [7, 11) is 1.85. The highest BCUT2D eigenvalue weighted by Gasteiger charge is 2.26. The molecule has 2 atom stereocenters. The van der Waals surface area contributed by atoms with Crippen LogP contribution in [-0.4, -0.2) is 42.8 Å². The van der Waals surface area contributed by atoms with Crippen molar-refractivity contribution >= 4 is 17.6 Å². The molecule has 8 nitrogen and oxygen atoms in total. The first-order chi connectivity index (χ1) is 13.1. The van der Waals surface area contributed by atoms with E-state index in [0.29, 0.717) is 23.6 Å². The molecular weight excluding hydrogens is 344 g/mol. The molecule has 27 heavy (non-hydrogen) atoms. The van der Waals surface area contributed by atoms with Gasteiger partial charge in [0.15, 0.2) is 0 Å². The van der Waals surface area contributed by atoms with Crippen LogP contribution in [0.1, 0.15) is 46.7 Å². The van der Waals surface area contributed by atoms with Gasteiger partial charge in [0, 0.05) is 43.9 Å². The van der Waals surface area contributed by atoms with Gasteiger partial charge in [-0.3, -0.25) is 14.0 Å². The van der Waals surface area contributed by atoms with Crippen molar-refractivity contribution < 1.29 is 9.59 Å². The largest absolute Gasteiger partial charge is 0.348 e. The van der Waals surface area contributed by atoms with Crippen LogP contribution in [0.2, 0.25) is 0 Å². The molecule has 3 aromatic heterocycles. The molecule has 1 saturated carbocycles. The summed E-state index contributed by atoms with van der Waals surface area (Å²) < 4.78 is 3.52. The van der Waals surface area contributed by atoms with E-state index in [9.17, 15) is 9.59 Å². The molecule has 3 aromatic rings. The third-order valence-corrected chi connectivity index (χ3v) is 4.99. The summed E-state index contributed by atoms with van der Waals surface area (Å²) in [5, 5.41) is 6.13. The second kappa shape index (κ2) is 7.22. The molecule has 0 aromatic carbocycles. The van der Waals surface area contributed by atoms with Gasteiger partial charge < -0.3 is 15.2 Å². The average Bonchev–Trinajstić information content (AvgIpc) is 3.28. The fraction of sp³-hybridized carbons (Fsp3) is 0.368. The number of hydrogen-bond acceptors (Lipinski definition) is 4. The first-order valence-corrected chi connectivity index (χ1v) is 9.13. The predicted octanol–water partition coefficient (Wildman–Crippen LogP) is 1.54. The lowest BCUT2D eigenvalue weighted by Gasteiger charge is -2.30. The van der Waals surface area contributed by atoms with Gasteiger partial charge in [0.2, 0.25) is 5.78 Å². The van der Waals surface area contributed by atoms with E-state index in [1.54, 1.807) is 33.5 Å². The number of aryl methyl sites for hydroxylation is 1. The number of nitrogens with zero attached hydrogens (tertiary/aromatic N) is 4. The van der Waals surface area contributed by atoms with E-state index < -0.39 is 0 Å². The number of nitrogens with one attached hydrogen (secondary N) is 2. The van der Waals surface area contributed by atoms with Crippen molar-refractivity contribution in [3.8, 4) is 0 Å². The molecule has 0 radical (unpaired) electrons. The van der Waals surface area contributed by atoms with Gasteiger partial charge >= 0.3 is 0 Å².